The average Bonchev–Trinajstić information content (AvgIpc) is 2.85. The molecule has 2 rings (SSSR count). The lowest BCUT2D eigenvalue weighted by Crippen LogP contribution is -2.26. The molecule has 0 atom stereocenters. The number of hydrogen-bond donors (Lipinski definition) is 1. The summed E-state index contributed by atoms with van der Waals surface area (Å²) in [4.78, 5) is 4.17. The van der Waals surface area contributed by atoms with Crippen LogP contribution in [0.4, 0.5) is 5.69 Å². The third-order valence-corrected chi connectivity index (χ3v) is 2.99. The highest BCUT2D eigenvalue weighted by molar-refractivity contribution is 5.60. The zero-order chi connectivity index (χ0) is 11.9. The predicted molar refractivity (Wildman–Crippen MR) is 73.4 cm³/mol. The number of hydrazine groups is 1. The minimum absolute atomic E-state index is 0.891. The van der Waals surface area contributed by atoms with E-state index < -0.39 is 0 Å². The Morgan fingerprint density at radius 3 is 2.71 bits per heavy atom. The molecule has 0 saturated heterocycles. The number of nitrogens with zero attached hydrogens (tertiary/aromatic N) is 2. The summed E-state index contributed by atoms with van der Waals surface area (Å²) < 4.78 is 0. The molecule has 1 N–H and O–H groups in total. The predicted octanol–water partition coefficient (Wildman–Crippen LogP) is 3.09. The Morgan fingerprint density at radius 1 is 1.24 bits per heavy atom. The third-order valence-electron chi connectivity index (χ3n) is 2.99. The second-order valence-corrected chi connectivity index (χ2v) is 4.48. The van der Waals surface area contributed by atoms with Crippen LogP contribution in [-0.2, 0) is 6.42 Å². The Morgan fingerprint density at radius 2 is 2.06 bits per heavy atom. The van der Waals surface area contributed by atoms with Gasteiger partial charge in [-0.25, -0.2) is 0 Å². The average molecular weight is 231 g/mol. The van der Waals surface area contributed by atoms with Crippen LogP contribution in [-0.4, -0.2) is 24.4 Å². The number of aryl methyl sites for hydroxylation is 1. The smallest absolute Gasteiger partial charge is 0.104 e. The van der Waals surface area contributed by atoms with E-state index in [0.717, 1.165) is 18.8 Å². The van der Waals surface area contributed by atoms with Gasteiger partial charge in [0.15, 0.2) is 0 Å². The van der Waals surface area contributed by atoms with Crippen molar-refractivity contribution in [1.29, 1.82) is 0 Å². The van der Waals surface area contributed by atoms with Gasteiger partial charge in [-0.15, -0.1) is 0 Å². The Bertz CT molecular complexity index is 356. The summed E-state index contributed by atoms with van der Waals surface area (Å²) in [6.45, 7) is 4.09. The zero-order valence-electron chi connectivity index (χ0n) is 10.5. The van der Waals surface area contributed by atoms with Crippen molar-refractivity contribution in [3.63, 3.8) is 0 Å². The minimum Gasteiger partial charge on any atom is -0.297 e. The molecule has 1 aliphatic rings. The highest BCUT2D eigenvalue weighted by atomic mass is 15.5. The Kier molecular flexibility index (Phi) is 4.42. The molecule has 0 saturated carbocycles. The quantitative estimate of drug-likeness (QED) is 0.762. The van der Waals surface area contributed by atoms with E-state index in [4.69, 9.17) is 0 Å². The molecule has 1 aromatic rings. The van der Waals surface area contributed by atoms with Gasteiger partial charge >= 0.3 is 0 Å². The SMILES string of the molecule is CCCCCc1ccc(NN2C=NCC2)cc1. The maximum Gasteiger partial charge on any atom is 0.104 e. The fraction of sp³-hybridized carbons (Fsp3) is 0.500. The first-order valence-corrected chi connectivity index (χ1v) is 6.50. The van der Waals surface area contributed by atoms with Gasteiger partial charge in [0.05, 0.1) is 18.8 Å². The van der Waals surface area contributed by atoms with Gasteiger partial charge in [-0.05, 0) is 30.5 Å². The van der Waals surface area contributed by atoms with E-state index in [-0.39, 0.29) is 0 Å². The summed E-state index contributed by atoms with van der Waals surface area (Å²) >= 11 is 0. The molecular weight excluding hydrogens is 210 g/mol. The van der Waals surface area contributed by atoms with Crippen LogP contribution in [0.15, 0.2) is 29.3 Å². The van der Waals surface area contributed by atoms with E-state index in [2.05, 4.69) is 41.6 Å². The largest absolute Gasteiger partial charge is 0.297 e. The number of unbranched alkanes of at least 4 members (excludes halogenated alkanes) is 2. The van der Waals surface area contributed by atoms with Crippen molar-refractivity contribution in [1.82, 2.24) is 5.01 Å². The molecule has 1 aliphatic heterocycles. The van der Waals surface area contributed by atoms with Crippen molar-refractivity contribution in [2.45, 2.75) is 32.6 Å². The molecule has 1 aromatic carbocycles. The molecule has 0 aromatic heterocycles. The van der Waals surface area contributed by atoms with Crippen LogP contribution in [0, 0.1) is 0 Å². The van der Waals surface area contributed by atoms with Crippen molar-refractivity contribution in [2.75, 3.05) is 18.5 Å². The van der Waals surface area contributed by atoms with Crippen molar-refractivity contribution in [3.05, 3.63) is 29.8 Å². The molecule has 92 valence electrons. The molecule has 0 unspecified atom stereocenters. The van der Waals surface area contributed by atoms with Crippen molar-refractivity contribution >= 4 is 12.0 Å². The van der Waals surface area contributed by atoms with Crippen LogP contribution in [0.2, 0.25) is 0 Å². The Labute approximate surface area is 104 Å². The van der Waals surface area contributed by atoms with Gasteiger partial charge < -0.3 is 0 Å². The second-order valence-electron chi connectivity index (χ2n) is 4.48. The normalized spacial score (nSPS) is 14.3. The van der Waals surface area contributed by atoms with Crippen LogP contribution in [0.1, 0.15) is 31.7 Å². The van der Waals surface area contributed by atoms with E-state index >= 15 is 0 Å². The lowest BCUT2D eigenvalue weighted by molar-refractivity contribution is 0.557. The van der Waals surface area contributed by atoms with Crippen LogP contribution < -0.4 is 5.43 Å². The number of benzene rings is 1. The lowest BCUT2D eigenvalue weighted by Gasteiger charge is -2.16. The second kappa shape index (κ2) is 6.28. The van der Waals surface area contributed by atoms with Gasteiger partial charge in [0.25, 0.3) is 0 Å². The number of hydrogen-bond acceptors (Lipinski definition) is 3. The van der Waals surface area contributed by atoms with Crippen LogP contribution in [0.25, 0.3) is 0 Å². The first-order valence-electron chi connectivity index (χ1n) is 6.50. The fourth-order valence-electron chi connectivity index (χ4n) is 1.96. The lowest BCUT2D eigenvalue weighted by atomic mass is 10.1. The van der Waals surface area contributed by atoms with E-state index in [0.29, 0.717) is 0 Å². The van der Waals surface area contributed by atoms with Crippen LogP contribution in [0.3, 0.4) is 0 Å². The molecule has 1 heterocycles. The molecule has 0 radical (unpaired) electrons. The highest BCUT2D eigenvalue weighted by Crippen LogP contribution is 2.13. The van der Waals surface area contributed by atoms with E-state index in [1.165, 1.54) is 31.2 Å². The molecular formula is C14H21N3. The molecule has 0 bridgehead atoms. The van der Waals surface area contributed by atoms with E-state index in [1.54, 1.807) is 0 Å². The highest BCUT2D eigenvalue weighted by Gasteiger charge is 2.04. The third kappa shape index (κ3) is 3.77. The van der Waals surface area contributed by atoms with E-state index in [9.17, 15) is 0 Å². The van der Waals surface area contributed by atoms with Crippen molar-refractivity contribution in [2.24, 2.45) is 4.99 Å². The maximum absolute atomic E-state index is 4.17. The molecule has 0 fully saturated rings. The van der Waals surface area contributed by atoms with Gasteiger partial charge in [0.1, 0.15) is 6.34 Å². The number of nitrogens with one attached hydrogen (secondary N) is 1. The number of rotatable bonds is 6. The Balaban J connectivity index is 1.82. The molecule has 3 heteroatoms. The summed E-state index contributed by atoms with van der Waals surface area (Å²) in [7, 11) is 0. The monoisotopic (exact) mass is 231 g/mol. The molecule has 0 amide bonds. The number of aliphatic imine (C=N–C) groups is 1. The Hall–Kier alpha value is -1.51. The summed E-state index contributed by atoms with van der Waals surface area (Å²) in [5.41, 5.74) is 5.89. The van der Waals surface area contributed by atoms with Crippen LogP contribution in [0.5, 0.6) is 0 Å². The molecule has 0 aliphatic carbocycles. The van der Waals surface area contributed by atoms with Crippen LogP contribution >= 0.6 is 0 Å². The molecule has 3 nitrogen and oxygen atoms in total. The van der Waals surface area contributed by atoms with Gasteiger partial charge in [0, 0.05) is 0 Å². The fourth-order valence-corrected chi connectivity index (χ4v) is 1.96. The van der Waals surface area contributed by atoms with Gasteiger partial charge in [0.2, 0.25) is 0 Å². The van der Waals surface area contributed by atoms with Crippen molar-refractivity contribution in [3.8, 4) is 0 Å². The minimum atomic E-state index is 0.891. The maximum atomic E-state index is 4.17. The topological polar surface area (TPSA) is 27.6 Å². The summed E-state index contributed by atoms with van der Waals surface area (Å²) in [6.07, 6.45) is 6.95. The first-order chi connectivity index (χ1) is 8.38. The van der Waals surface area contributed by atoms with Crippen molar-refractivity contribution < 1.29 is 0 Å². The van der Waals surface area contributed by atoms with Gasteiger partial charge in [-0.1, -0.05) is 31.9 Å². The summed E-state index contributed by atoms with van der Waals surface area (Å²) in [6, 6.07) is 8.72. The van der Waals surface area contributed by atoms with Gasteiger partial charge in [-0.2, -0.15) is 0 Å². The summed E-state index contributed by atoms with van der Waals surface area (Å²) in [5, 5.41) is 2.02. The summed E-state index contributed by atoms with van der Waals surface area (Å²) in [5.74, 6) is 0. The molecule has 17 heavy (non-hydrogen) atoms. The zero-order valence-corrected chi connectivity index (χ0v) is 10.5. The molecule has 0 spiro atoms. The van der Waals surface area contributed by atoms with E-state index in [1.807, 2.05) is 11.3 Å². The first kappa shape index (κ1) is 12.0. The van der Waals surface area contributed by atoms with Gasteiger partial charge in [-0.3, -0.25) is 15.4 Å². The number of anilines is 1. The standard InChI is InChI=1S/C14H21N3/c1-2-3-4-5-13-6-8-14(9-7-13)16-17-11-10-15-12-17/h6-9,12,16H,2-5,10-11H2,1H3.